The summed E-state index contributed by atoms with van der Waals surface area (Å²) in [5, 5.41) is 4.23. The summed E-state index contributed by atoms with van der Waals surface area (Å²) in [6.07, 6.45) is -1.09. The number of ether oxygens (including phenoxy) is 2. The van der Waals surface area contributed by atoms with Crippen LogP contribution in [0.5, 0.6) is 5.75 Å². The van der Waals surface area contributed by atoms with Gasteiger partial charge in [-0.3, -0.25) is 9.59 Å². The molecule has 1 amide bonds. The van der Waals surface area contributed by atoms with Crippen LogP contribution < -0.4 is 10.1 Å². The van der Waals surface area contributed by atoms with E-state index < -0.39 is 34.5 Å². The number of anilines is 1. The highest BCUT2D eigenvalue weighted by molar-refractivity contribution is 7.91. The predicted octanol–water partition coefficient (Wildman–Crippen LogP) is 1.95. The largest absolute Gasteiger partial charge is 0.497 e. The monoisotopic (exact) mass is 412 g/mol. The van der Waals surface area contributed by atoms with E-state index >= 15 is 0 Å². The van der Waals surface area contributed by atoms with E-state index in [1.807, 2.05) is 0 Å². The molecule has 10 heteroatoms. The van der Waals surface area contributed by atoms with E-state index in [0.717, 1.165) is 15.6 Å². The van der Waals surface area contributed by atoms with Crippen LogP contribution in [0.2, 0.25) is 0 Å². The lowest BCUT2D eigenvalue weighted by Gasteiger charge is -2.18. The lowest BCUT2D eigenvalue weighted by Crippen LogP contribution is -2.36. The van der Waals surface area contributed by atoms with Crippen LogP contribution in [0.3, 0.4) is 0 Å². The lowest BCUT2D eigenvalue weighted by molar-refractivity contribution is -0.153. The van der Waals surface area contributed by atoms with E-state index in [0.29, 0.717) is 11.4 Å². The maximum Gasteiger partial charge on any atom is 0.322 e. The number of benzene rings is 1. The minimum atomic E-state index is -3.76. The van der Waals surface area contributed by atoms with Crippen LogP contribution in [0.15, 0.2) is 46.0 Å². The average molecular weight is 412 g/mol. The van der Waals surface area contributed by atoms with Crippen LogP contribution in [0, 0.1) is 0 Å². The van der Waals surface area contributed by atoms with Gasteiger partial charge in [0.1, 0.15) is 16.5 Å². The zero-order valence-corrected chi connectivity index (χ0v) is 16.7. The third-order valence-corrected chi connectivity index (χ3v) is 6.72. The predicted molar refractivity (Wildman–Crippen MR) is 101 cm³/mol. The van der Waals surface area contributed by atoms with Gasteiger partial charge >= 0.3 is 5.97 Å². The van der Waals surface area contributed by atoms with Gasteiger partial charge in [-0.15, -0.1) is 11.3 Å². The number of carbonyl (C=O) groups is 2. The Morgan fingerprint density at radius 2 is 1.89 bits per heavy atom. The molecule has 0 saturated carbocycles. The van der Waals surface area contributed by atoms with Crippen molar-refractivity contribution in [3.63, 3.8) is 0 Å². The summed E-state index contributed by atoms with van der Waals surface area (Å²) in [5.41, 5.74) is 0.515. The molecular formula is C17H20N2O6S2. The number of sulfonamides is 1. The highest BCUT2D eigenvalue weighted by Gasteiger charge is 2.26. The molecule has 0 spiro atoms. The molecule has 0 saturated heterocycles. The molecule has 27 heavy (non-hydrogen) atoms. The molecule has 0 aliphatic heterocycles. The molecule has 0 unspecified atom stereocenters. The number of hydrogen-bond donors (Lipinski definition) is 1. The van der Waals surface area contributed by atoms with Crippen molar-refractivity contribution in [1.29, 1.82) is 0 Å². The molecule has 1 aromatic heterocycles. The topological polar surface area (TPSA) is 102 Å². The Morgan fingerprint density at radius 1 is 1.22 bits per heavy atom. The number of thiophene rings is 1. The Kier molecular flexibility index (Phi) is 6.94. The maximum absolute atomic E-state index is 12.3. The zero-order chi connectivity index (χ0) is 20.0. The van der Waals surface area contributed by atoms with Crippen LogP contribution in [0.1, 0.15) is 6.92 Å². The van der Waals surface area contributed by atoms with Crippen molar-refractivity contribution >= 4 is 38.9 Å². The maximum atomic E-state index is 12.3. The summed E-state index contributed by atoms with van der Waals surface area (Å²) >= 11 is 1.05. The second kappa shape index (κ2) is 8.98. The van der Waals surface area contributed by atoms with Gasteiger partial charge in [0.25, 0.3) is 15.9 Å². The summed E-state index contributed by atoms with van der Waals surface area (Å²) in [7, 11) is -0.955. The molecule has 8 nitrogen and oxygen atoms in total. The van der Waals surface area contributed by atoms with E-state index in [4.69, 9.17) is 9.47 Å². The van der Waals surface area contributed by atoms with Gasteiger partial charge < -0.3 is 14.8 Å². The van der Waals surface area contributed by atoms with Crippen molar-refractivity contribution in [2.75, 3.05) is 26.0 Å². The molecule has 1 N–H and O–H groups in total. The fourth-order valence-electron chi connectivity index (χ4n) is 2.04. The van der Waals surface area contributed by atoms with Gasteiger partial charge in [0.2, 0.25) is 0 Å². The van der Waals surface area contributed by atoms with Gasteiger partial charge in [0.15, 0.2) is 6.10 Å². The van der Waals surface area contributed by atoms with Crippen LogP contribution in [-0.2, 0) is 24.3 Å². The van der Waals surface area contributed by atoms with E-state index in [9.17, 15) is 18.0 Å². The van der Waals surface area contributed by atoms with E-state index in [2.05, 4.69) is 5.32 Å². The minimum absolute atomic E-state index is 0.128. The van der Waals surface area contributed by atoms with Crippen molar-refractivity contribution in [2.45, 2.75) is 17.2 Å². The lowest BCUT2D eigenvalue weighted by atomic mass is 10.3. The summed E-state index contributed by atoms with van der Waals surface area (Å²) in [6.45, 7) is 0.908. The second-order valence-corrected chi connectivity index (χ2v) is 8.76. The first kappa shape index (κ1) is 20.9. The molecule has 0 fully saturated rings. The molecule has 1 atom stereocenters. The molecule has 2 aromatic rings. The Balaban J connectivity index is 1.89. The quantitative estimate of drug-likeness (QED) is 0.665. The fourth-order valence-corrected chi connectivity index (χ4v) is 4.35. The number of rotatable bonds is 8. The molecule has 1 aromatic carbocycles. The Bertz CT molecular complexity index is 879. The number of nitrogens with zero attached hydrogens (tertiary/aromatic N) is 1. The van der Waals surface area contributed by atoms with E-state index in [1.54, 1.807) is 35.7 Å². The number of methoxy groups -OCH3 is 1. The first-order chi connectivity index (χ1) is 12.7. The molecule has 1 heterocycles. The van der Waals surface area contributed by atoms with Gasteiger partial charge in [-0.05, 0) is 42.6 Å². The zero-order valence-electron chi connectivity index (χ0n) is 15.0. The van der Waals surface area contributed by atoms with Crippen molar-refractivity contribution in [3.05, 3.63) is 41.8 Å². The molecule has 0 radical (unpaired) electrons. The summed E-state index contributed by atoms with van der Waals surface area (Å²) in [4.78, 5) is 24.1. The Labute approximate surface area is 161 Å². The van der Waals surface area contributed by atoms with Gasteiger partial charge in [-0.25, -0.2) is 8.42 Å². The van der Waals surface area contributed by atoms with Crippen molar-refractivity contribution in [1.82, 2.24) is 4.31 Å². The third-order valence-electron chi connectivity index (χ3n) is 3.55. The highest BCUT2D eigenvalue weighted by Crippen LogP contribution is 2.20. The number of hydrogen-bond acceptors (Lipinski definition) is 7. The molecule has 0 aliphatic rings. The number of nitrogens with one attached hydrogen (secondary N) is 1. The normalized spacial score (nSPS) is 12.4. The Hall–Kier alpha value is -2.43. The molecule has 0 aliphatic carbocycles. The Morgan fingerprint density at radius 3 is 2.44 bits per heavy atom. The van der Waals surface area contributed by atoms with Crippen LogP contribution in [0.25, 0.3) is 0 Å². The summed E-state index contributed by atoms with van der Waals surface area (Å²) in [6, 6.07) is 9.70. The second-order valence-electron chi connectivity index (χ2n) is 5.54. The third kappa shape index (κ3) is 5.52. The van der Waals surface area contributed by atoms with Gasteiger partial charge in [-0.2, -0.15) is 4.31 Å². The van der Waals surface area contributed by atoms with Gasteiger partial charge in [0, 0.05) is 12.7 Å². The number of amides is 1. The van der Waals surface area contributed by atoms with Crippen LogP contribution in [0.4, 0.5) is 5.69 Å². The van der Waals surface area contributed by atoms with E-state index in [-0.39, 0.29) is 4.21 Å². The SMILES string of the molecule is COc1ccc(NC(=O)[C@@H](C)OC(=O)CN(C)S(=O)(=O)c2cccs2)cc1. The highest BCUT2D eigenvalue weighted by atomic mass is 32.2. The minimum Gasteiger partial charge on any atom is -0.497 e. The van der Waals surface area contributed by atoms with Crippen molar-refractivity contribution < 1.29 is 27.5 Å². The van der Waals surface area contributed by atoms with E-state index in [1.165, 1.54) is 27.1 Å². The number of esters is 1. The average Bonchev–Trinajstić information content (AvgIpc) is 3.17. The summed E-state index contributed by atoms with van der Waals surface area (Å²) < 4.78 is 35.6. The van der Waals surface area contributed by atoms with Crippen LogP contribution >= 0.6 is 11.3 Å². The molecular weight excluding hydrogens is 392 g/mol. The number of carbonyl (C=O) groups excluding carboxylic acids is 2. The summed E-state index contributed by atoms with van der Waals surface area (Å²) in [5.74, 6) is -0.713. The van der Waals surface area contributed by atoms with Crippen molar-refractivity contribution in [2.24, 2.45) is 0 Å². The standard InChI is InChI=1S/C17H20N2O6S2/c1-12(17(21)18-13-6-8-14(24-3)9-7-13)25-15(20)11-19(2)27(22,23)16-5-4-10-26-16/h4-10,12H,11H2,1-3H3,(H,18,21)/t12-/m1/s1. The molecule has 146 valence electrons. The smallest absolute Gasteiger partial charge is 0.322 e. The van der Waals surface area contributed by atoms with Gasteiger partial charge in [0.05, 0.1) is 7.11 Å². The fraction of sp³-hybridized carbons (Fsp3) is 0.294. The first-order valence-electron chi connectivity index (χ1n) is 7.88. The number of likely N-dealkylation sites (N-methyl/N-ethyl adjacent to an activating group) is 1. The van der Waals surface area contributed by atoms with Gasteiger partial charge in [-0.1, -0.05) is 6.07 Å². The first-order valence-corrected chi connectivity index (χ1v) is 10.2. The van der Waals surface area contributed by atoms with Crippen LogP contribution in [-0.4, -0.2) is 51.4 Å². The van der Waals surface area contributed by atoms with Crippen molar-refractivity contribution in [3.8, 4) is 5.75 Å². The molecule has 2 rings (SSSR count). The molecule has 0 bridgehead atoms.